The van der Waals surface area contributed by atoms with Gasteiger partial charge in [0.2, 0.25) is 0 Å². The Hall–Kier alpha value is -1.48. The number of nitrogens with one attached hydrogen (secondary N) is 1. The van der Waals surface area contributed by atoms with E-state index in [4.69, 9.17) is 12.2 Å². The van der Waals surface area contributed by atoms with Crippen LogP contribution in [0.25, 0.3) is 0 Å². The monoisotopic (exact) mass is 270 g/mol. The molecule has 1 aliphatic rings. The van der Waals surface area contributed by atoms with Crippen molar-refractivity contribution in [1.29, 1.82) is 0 Å². The topological polar surface area (TPSA) is 28.7 Å². The van der Waals surface area contributed by atoms with Crippen molar-refractivity contribution in [3.63, 3.8) is 0 Å². The minimum Gasteiger partial charge on any atom is -0.347 e. The molecule has 3 rings (SSSR count). The summed E-state index contributed by atoms with van der Waals surface area (Å²) in [6.45, 7) is 6.42. The lowest BCUT2D eigenvalue weighted by Crippen LogP contribution is -2.21. The maximum absolute atomic E-state index is 5.46. The van der Waals surface area contributed by atoms with Crippen LogP contribution in [0.2, 0.25) is 0 Å². The SMILES string of the molecule is Cc1[nH]c(C2Cc3ccccc32)nc(=S)c1C(C)C. The van der Waals surface area contributed by atoms with E-state index in [0.29, 0.717) is 11.8 Å². The largest absolute Gasteiger partial charge is 0.347 e. The first kappa shape index (κ1) is 12.5. The second-order valence-corrected chi connectivity index (χ2v) is 5.96. The minimum absolute atomic E-state index is 0.387. The number of aromatic amines is 1. The summed E-state index contributed by atoms with van der Waals surface area (Å²) >= 11 is 5.46. The van der Waals surface area contributed by atoms with E-state index < -0.39 is 0 Å². The van der Waals surface area contributed by atoms with Gasteiger partial charge in [-0.15, -0.1) is 0 Å². The maximum atomic E-state index is 5.46. The number of aromatic nitrogens is 2. The van der Waals surface area contributed by atoms with Gasteiger partial charge in [0, 0.05) is 17.2 Å². The zero-order valence-corrected chi connectivity index (χ0v) is 12.3. The van der Waals surface area contributed by atoms with E-state index >= 15 is 0 Å². The number of nitrogens with zero attached hydrogens (tertiary/aromatic N) is 1. The number of H-pyrrole nitrogens is 1. The van der Waals surface area contributed by atoms with E-state index in [1.54, 1.807) is 0 Å². The van der Waals surface area contributed by atoms with Crippen LogP contribution in [-0.2, 0) is 6.42 Å². The van der Waals surface area contributed by atoms with Crippen LogP contribution < -0.4 is 0 Å². The van der Waals surface area contributed by atoms with Gasteiger partial charge < -0.3 is 4.98 Å². The molecule has 1 aromatic carbocycles. The fourth-order valence-electron chi connectivity index (χ4n) is 2.97. The minimum atomic E-state index is 0.387. The van der Waals surface area contributed by atoms with Gasteiger partial charge in [0.1, 0.15) is 10.5 Å². The molecule has 0 aliphatic heterocycles. The van der Waals surface area contributed by atoms with E-state index in [0.717, 1.165) is 22.6 Å². The molecule has 0 saturated heterocycles. The van der Waals surface area contributed by atoms with Gasteiger partial charge in [-0.1, -0.05) is 50.3 Å². The number of hydrogen-bond acceptors (Lipinski definition) is 2. The van der Waals surface area contributed by atoms with E-state index in [1.165, 1.54) is 16.7 Å². The third kappa shape index (κ3) is 2.02. The van der Waals surface area contributed by atoms with Crippen LogP contribution in [-0.4, -0.2) is 9.97 Å². The van der Waals surface area contributed by atoms with Gasteiger partial charge in [-0.3, -0.25) is 0 Å². The third-order valence-corrected chi connectivity index (χ3v) is 4.25. The first-order chi connectivity index (χ1) is 9.08. The summed E-state index contributed by atoms with van der Waals surface area (Å²) in [6.07, 6.45) is 1.06. The average Bonchev–Trinajstić information content (AvgIpc) is 2.29. The molecule has 1 N–H and O–H groups in total. The third-order valence-electron chi connectivity index (χ3n) is 3.93. The lowest BCUT2D eigenvalue weighted by atomic mass is 9.77. The van der Waals surface area contributed by atoms with E-state index in [-0.39, 0.29) is 0 Å². The second kappa shape index (κ2) is 4.57. The lowest BCUT2D eigenvalue weighted by Gasteiger charge is -2.29. The Bertz CT molecular complexity index is 685. The van der Waals surface area contributed by atoms with Crippen molar-refractivity contribution in [1.82, 2.24) is 9.97 Å². The van der Waals surface area contributed by atoms with Gasteiger partial charge >= 0.3 is 0 Å². The van der Waals surface area contributed by atoms with Crippen LogP contribution in [0.1, 0.15) is 53.9 Å². The van der Waals surface area contributed by atoms with Crippen LogP contribution in [0.3, 0.4) is 0 Å². The van der Waals surface area contributed by atoms with Crippen molar-refractivity contribution in [2.75, 3.05) is 0 Å². The normalized spacial score (nSPS) is 17.2. The number of benzene rings is 1. The van der Waals surface area contributed by atoms with Crippen LogP contribution in [0.5, 0.6) is 0 Å². The molecule has 0 saturated carbocycles. The van der Waals surface area contributed by atoms with E-state index in [9.17, 15) is 0 Å². The summed E-state index contributed by atoms with van der Waals surface area (Å²) in [5, 5.41) is 0. The molecule has 0 amide bonds. The zero-order chi connectivity index (χ0) is 13.6. The number of fused-ring (bicyclic) bond motifs is 1. The van der Waals surface area contributed by atoms with Crippen molar-refractivity contribution in [2.45, 2.75) is 39.0 Å². The highest BCUT2D eigenvalue weighted by atomic mass is 32.1. The Balaban J connectivity index is 2.04. The molecule has 19 heavy (non-hydrogen) atoms. The summed E-state index contributed by atoms with van der Waals surface area (Å²) in [7, 11) is 0. The van der Waals surface area contributed by atoms with Gasteiger partial charge in [0.05, 0.1) is 0 Å². The average molecular weight is 270 g/mol. The standard InChI is InChI=1S/C16H18N2S/c1-9(2)14-10(3)17-15(18-16(14)19)13-8-11-6-4-5-7-12(11)13/h4-7,9,13H,8H2,1-3H3,(H,17,18,19). The molecule has 1 aromatic heterocycles. The predicted octanol–water partition coefficient (Wildman–Crippen LogP) is 4.26. The molecule has 1 unspecified atom stereocenters. The summed E-state index contributed by atoms with van der Waals surface area (Å²) in [5.41, 5.74) is 5.15. The highest BCUT2D eigenvalue weighted by Crippen LogP contribution is 2.38. The Morgan fingerprint density at radius 3 is 2.68 bits per heavy atom. The summed E-state index contributed by atoms with van der Waals surface area (Å²) in [5.74, 6) is 1.82. The van der Waals surface area contributed by atoms with Crippen molar-refractivity contribution in [2.24, 2.45) is 0 Å². The summed E-state index contributed by atoms with van der Waals surface area (Å²) < 4.78 is 0.755. The van der Waals surface area contributed by atoms with E-state index in [2.05, 4.69) is 55.0 Å². The van der Waals surface area contributed by atoms with Gasteiger partial charge in [0.15, 0.2) is 0 Å². The summed E-state index contributed by atoms with van der Waals surface area (Å²) in [6, 6.07) is 8.57. The zero-order valence-electron chi connectivity index (χ0n) is 11.5. The van der Waals surface area contributed by atoms with Gasteiger partial charge in [-0.2, -0.15) is 0 Å². The second-order valence-electron chi connectivity index (χ2n) is 5.58. The molecule has 98 valence electrons. The molecule has 2 aromatic rings. The molecule has 0 radical (unpaired) electrons. The Labute approximate surface area is 118 Å². The van der Waals surface area contributed by atoms with Crippen molar-refractivity contribution >= 4 is 12.2 Å². The van der Waals surface area contributed by atoms with Crippen LogP contribution in [0.15, 0.2) is 24.3 Å². The van der Waals surface area contributed by atoms with Gasteiger partial charge in [-0.25, -0.2) is 4.98 Å². The first-order valence-electron chi connectivity index (χ1n) is 6.76. The Morgan fingerprint density at radius 1 is 1.32 bits per heavy atom. The quantitative estimate of drug-likeness (QED) is 0.826. The lowest BCUT2D eigenvalue weighted by molar-refractivity contribution is 0.648. The molecular formula is C16H18N2S. The molecule has 0 fully saturated rings. The van der Waals surface area contributed by atoms with Crippen LogP contribution in [0, 0.1) is 11.6 Å². The van der Waals surface area contributed by atoms with Crippen molar-refractivity contribution in [3.8, 4) is 0 Å². The smallest absolute Gasteiger partial charge is 0.133 e. The highest BCUT2D eigenvalue weighted by molar-refractivity contribution is 7.71. The molecule has 2 nitrogen and oxygen atoms in total. The maximum Gasteiger partial charge on any atom is 0.133 e. The molecule has 0 bridgehead atoms. The number of rotatable bonds is 2. The van der Waals surface area contributed by atoms with Gasteiger partial charge in [-0.05, 0) is 30.4 Å². The van der Waals surface area contributed by atoms with Crippen LogP contribution in [0.4, 0.5) is 0 Å². The first-order valence-corrected chi connectivity index (χ1v) is 7.17. The molecular weight excluding hydrogens is 252 g/mol. The predicted molar refractivity (Wildman–Crippen MR) is 80.2 cm³/mol. The molecule has 1 atom stereocenters. The number of aryl methyl sites for hydroxylation is 1. The number of hydrogen-bond donors (Lipinski definition) is 1. The fraction of sp³-hybridized carbons (Fsp3) is 0.375. The van der Waals surface area contributed by atoms with Crippen molar-refractivity contribution < 1.29 is 0 Å². The van der Waals surface area contributed by atoms with Gasteiger partial charge in [0.25, 0.3) is 0 Å². The Morgan fingerprint density at radius 2 is 2.05 bits per heavy atom. The molecule has 1 aliphatic carbocycles. The Kier molecular flexibility index (Phi) is 3.02. The molecule has 1 heterocycles. The van der Waals surface area contributed by atoms with Crippen molar-refractivity contribution in [3.05, 3.63) is 57.1 Å². The molecule has 3 heteroatoms. The van der Waals surface area contributed by atoms with E-state index in [1.807, 2.05) is 0 Å². The summed E-state index contributed by atoms with van der Waals surface area (Å²) in [4.78, 5) is 8.10. The highest BCUT2D eigenvalue weighted by Gasteiger charge is 2.29. The fourth-order valence-corrected chi connectivity index (χ4v) is 3.45. The molecule has 0 spiro atoms. The van der Waals surface area contributed by atoms with Crippen LogP contribution >= 0.6 is 12.2 Å².